The molecule has 0 aliphatic carbocycles. The van der Waals surface area contributed by atoms with Gasteiger partial charge < -0.3 is 20.3 Å². The normalized spacial score (nSPS) is 39.0. The van der Waals surface area contributed by atoms with Crippen molar-refractivity contribution in [2.75, 3.05) is 45.9 Å². The van der Waals surface area contributed by atoms with Crippen molar-refractivity contribution in [3.8, 4) is 0 Å². The Morgan fingerprint density at radius 1 is 1.35 bits per heavy atom. The summed E-state index contributed by atoms with van der Waals surface area (Å²) in [6.07, 6.45) is -0.120. The lowest BCUT2D eigenvalue weighted by atomic mass is 9.86. The molecule has 3 N–H and O–H groups in total. The van der Waals surface area contributed by atoms with E-state index >= 15 is 0 Å². The third kappa shape index (κ3) is 3.17. The molecule has 0 bridgehead atoms. The number of rotatable bonds is 5. The van der Waals surface area contributed by atoms with Crippen molar-refractivity contribution < 1.29 is 14.9 Å². The second kappa shape index (κ2) is 5.63. The van der Waals surface area contributed by atoms with Crippen LogP contribution in [0.1, 0.15) is 13.3 Å². The highest BCUT2D eigenvalue weighted by Gasteiger charge is 2.39. The van der Waals surface area contributed by atoms with Crippen LogP contribution in [0.4, 0.5) is 0 Å². The van der Waals surface area contributed by atoms with Crippen LogP contribution < -0.4 is 5.32 Å². The van der Waals surface area contributed by atoms with Crippen LogP contribution in [0.2, 0.25) is 0 Å². The molecule has 2 aliphatic rings. The van der Waals surface area contributed by atoms with E-state index in [0.29, 0.717) is 13.1 Å². The molecule has 5 heteroatoms. The summed E-state index contributed by atoms with van der Waals surface area (Å²) in [6, 6.07) is 0. The summed E-state index contributed by atoms with van der Waals surface area (Å²) in [5, 5.41) is 22.5. The number of hydrogen-bond donors (Lipinski definition) is 3. The third-order valence-electron chi connectivity index (χ3n) is 3.83. The molecule has 5 nitrogen and oxygen atoms in total. The molecule has 0 spiro atoms. The van der Waals surface area contributed by atoms with Crippen LogP contribution in [0, 0.1) is 5.41 Å². The van der Waals surface area contributed by atoms with Crippen LogP contribution in [0.5, 0.6) is 0 Å². The number of nitrogens with zero attached hydrogens (tertiary/aromatic N) is 1. The second-order valence-corrected chi connectivity index (χ2v) is 5.41. The fraction of sp³-hybridized carbons (Fsp3) is 1.00. The van der Waals surface area contributed by atoms with Crippen molar-refractivity contribution in [1.82, 2.24) is 10.2 Å². The summed E-state index contributed by atoms with van der Waals surface area (Å²) < 4.78 is 5.53. The topological polar surface area (TPSA) is 65.0 Å². The zero-order valence-electron chi connectivity index (χ0n) is 10.6. The Bertz CT molecular complexity index is 234. The molecule has 2 saturated heterocycles. The molecule has 2 heterocycles. The van der Waals surface area contributed by atoms with E-state index in [1.807, 2.05) is 0 Å². The van der Waals surface area contributed by atoms with Gasteiger partial charge in [0.05, 0.1) is 18.8 Å². The molecule has 3 unspecified atom stereocenters. The van der Waals surface area contributed by atoms with E-state index in [0.717, 1.165) is 39.3 Å². The standard InChI is InChI=1S/C12H24N2O3/c1-2-13-7-12(3-4-17-9-12)8-14-5-10(15)11(16)6-14/h10-11,13,15-16H,2-9H2,1H3. The summed E-state index contributed by atoms with van der Waals surface area (Å²) in [6.45, 7) is 7.68. The summed E-state index contributed by atoms with van der Waals surface area (Å²) in [5.74, 6) is 0. The number of β-amino-alcohol motifs (C(OH)–C–C–N with tert-alkyl or cyclic N) is 2. The van der Waals surface area contributed by atoms with Gasteiger partial charge in [0, 0.05) is 38.2 Å². The lowest BCUT2D eigenvalue weighted by Crippen LogP contribution is -2.44. The van der Waals surface area contributed by atoms with Gasteiger partial charge in [0.2, 0.25) is 0 Å². The highest BCUT2D eigenvalue weighted by Crippen LogP contribution is 2.30. The molecule has 2 fully saturated rings. The van der Waals surface area contributed by atoms with Gasteiger partial charge in [0.25, 0.3) is 0 Å². The van der Waals surface area contributed by atoms with E-state index < -0.39 is 12.2 Å². The van der Waals surface area contributed by atoms with Crippen molar-refractivity contribution in [2.24, 2.45) is 5.41 Å². The average Bonchev–Trinajstić information content (AvgIpc) is 2.86. The molecule has 0 aromatic heterocycles. The maximum absolute atomic E-state index is 9.56. The number of nitrogens with one attached hydrogen (secondary N) is 1. The highest BCUT2D eigenvalue weighted by molar-refractivity contribution is 4.92. The summed E-state index contributed by atoms with van der Waals surface area (Å²) in [4.78, 5) is 2.15. The van der Waals surface area contributed by atoms with Crippen LogP contribution >= 0.6 is 0 Å². The minimum atomic E-state index is -0.589. The number of likely N-dealkylation sites (tertiary alicyclic amines) is 1. The van der Waals surface area contributed by atoms with Gasteiger partial charge in [-0.05, 0) is 13.0 Å². The van der Waals surface area contributed by atoms with Crippen molar-refractivity contribution in [3.05, 3.63) is 0 Å². The Labute approximate surface area is 103 Å². The van der Waals surface area contributed by atoms with Gasteiger partial charge >= 0.3 is 0 Å². The van der Waals surface area contributed by atoms with E-state index in [4.69, 9.17) is 4.74 Å². The first-order chi connectivity index (χ1) is 8.15. The predicted octanol–water partition coefficient (Wildman–Crippen LogP) is -0.960. The molecule has 0 amide bonds. The highest BCUT2D eigenvalue weighted by atomic mass is 16.5. The van der Waals surface area contributed by atoms with Gasteiger partial charge in [-0.2, -0.15) is 0 Å². The Balaban J connectivity index is 1.89. The first-order valence-corrected chi connectivity index (χ1v) is 6.52. The minimum absolute atomic E-state index is 0.153. The van der Waals surface area contributed by atoms with Crippen molar-refractivity contribution >= 4 is 0 Å². The van der Waals surface area contributed by atoms with E-state index in [1.165, 1.54) is 0 Å². The molecule has 0 aromatic carbocycles. The predicted molar refractivity (Wildman–Crippen MR) is 64.9 cm³/mol. The van der Waals surface area contributed by atoms with Crippen LogP contribution in [0.3, 0.4) is 0 Å². The molecule has 0 radical (unpaired) electrons. The quantitative estimate of drug-likeness (QED) is 0.581. The Morgan fingerprint density at radius 3 is 2.59 bits per heavy atom. The first kappa shape index (κ1) is 13.2. The summed E-state index contributed by atoms with van der Waals surface area (Å²) in [5.41, 5.74) is 0.153. The molecule has 2 aliphatic heterocycles. The molecule has 2 rings (SSSR count). The van der Waals surface area contributed by atoms with Gasteiger partial charge in [-0.15, -0.1) is 0 Å². The first-order valence-electron chi connectivity index (χ1n) is 6.52. The van der Waals surface area contributed by atoms with Crippen molar-refractivity contribution in [1.29, 1.82) is 0 Å². The largest absolute Gasteiger partial charge is 0.389 e. The fourth-order valence-corrected chi connectivity index (χ4v) is 2.81. The number of ether oxygens (including phenoxy) is 1. The molecule has 17 heavy (non-hydrogen) atoms. The van der Waals surface area contributed by atoms with Gasteiger partial charge in [0.15, 0.2) is 0 Å². The SMILES string of the molecule is CCNCC1(CN2CC(O)C(O)C2)CCOC1. The smallest absolute Gasteiger partial charge is 0.0938 e. The van der Waals surface area contributed by atoms with Crippen molar-refractivity contribution in [3.63, 3.8) is 0 Å². The van der Waals surface area contributed by atoms with E-state index in [-0.39, 0.29) is 5.41 Å². The fourth-order valence-electron chi connectivity index (χ4n) is 2.81. The molecule has 100 valence electrons. The van der Waals surface area contributed by atoms with E-state index in [1.54, 1.807) is 0 Å². The van der Waals surface area contributed by atoms with Gasteiger partial charge in [-0.3, -0.25) is 4.90 Å². The monoisotopic (exact) mass is 244 g/mol. The number of aliphatic hydroxyl groups is 2. The van der Waals surface area contributed by atoms with Gasteiger partial charge in [-0.1, -0.05) is 6.92 Å². The zero-order chi connectivity index (χ0) is 12.3. The maximum Gasteiger partial charge on any atom is 0.0938 e. The molecular formula is C12H24N2O3. The third-order valence-corrected chi connectivity index (χ3v) is 3.83. The Kier molecular flexibility index (Phi) is 4.38. The Morgan fingerprint density at radius 2 is 2.06 bits per heavy atom. The Hall–Kier alpha value is -0.200. The average molecular weight is 244 g/mol. The molecular weight excluding hydrogens is 220 g/mol. The summed E-state index contributed by atoms with van der Waals surface area (Å²) in [7, 11) is 0. The van der Waals surface area contributed by atoms with Crippen LogP contribution in [0.25, 0.3) is 0 Å². The number of hydrogen-bond acceptors (Lipinski definition) is 5. The number of aliphatic hydroxyl groups excluding tert-OH is 2. The molecule has 0 saturated carbocycles. The maximum atomic E-state index is 9.56. The van der Waals surface area contributed by atoms with E-state index in [9.17, 15) is 10.2 Å². The van der Waals surface area contributed by atoms with Gasteiger partial charge in [-0.25, -0.2) is 0 Å². The second-order valence-electron chi connectivity index (χ2n) is 5.41. The van der Waals surface area contributed by atoms with E-state index in [2.05, 4.69) is 17.1 Å². The van der Waals surface area contributed by atoms with Gasteiger partial charge in [0.1, 0.15) is 0 Å². The molecule has 3 atom stereocenters. The lowest BCUT2D eigenvalue weighted by Gasteiger charge is -2.32. The molecule has 0 aromatic rings. The van der Waals surface area contributed by atoms with Crippen molar-refractivity contribution in [2.45, 2.75) is 25.6 Å². The zero-order valence-corrected chi connectivity index (χ0v) is 10.6. The van der Waals surface area contributed by atoms with Crippen LogP contribution in [-0.4, -0.2) is 73.3 Å². The van der Waals surface area contributed by atoms with Crippen LogP contribution in [-0.2, 0) is 4.74 Å². The minimum Gasteiger partial charge on any atom is -0.389 e. The summed E-state index contributed by atoms with van der Waals surface area (Å²) >= 11 is 0. The lowest BCUT2D eigenvalue weighted by molar-refractivity contribution is 0.0572. The van der Waals surface area contributed by atoms with Crippen LogP contribution in [0.15, 0.2) is 0 Å².